The second-order valence-corrected chi connectivity index (χ2v) is 17.5. The van der Waals surface area contributed by atoms with E-state index in [0.29, 0.717) is 5.69 Å². The zero-order chi connectivity index (χ0) is 38.6. The standard InChI is InChI=1S/C45H68N6O3/c1-9-11-14-32(10-2)33-18-21-49(22-19-33)31-36-27-37(45(3,4)5)29-38(42(36)54-8)46-43(52)40-28-34-15-12-16-35(41(34)48(40)7)30-50-23-25-51(26-24-50)44(53)39-17-13-20-47(39)6/h12,15-16,27-29,32-33,39H,9-11,13-14,17-26,30-31H2,1-8H3,(H,46,52). The molecule has 3 saturated heterocycles. The maximum Gasteiger partial charge on any atom is 0.272 e. The van der Waals surface area contributed by atoms with Crippen LogP contribution in [-0.4, -0.2) is 102 Å². The first-order chi connectivity index (χ1) is 25.9. The van der Waals surface area contributed by atoms with Gasteiger partial charge in [0.15, 0.2) is 0 Å². The summed E-state index contributed by atoms with van der Waals surface area (Å²) >= 11 is 0. The largest absolute Gasteiger partial charge is 0.494 e. The number of hydrogen-bond donors (Lipinski definition) is 1. The molecule has 1 aromatic heterocycles. The molecule has 9 nitrogen and oxygen atoms in total. The molecule has 2 atom stereocenters. The van der Waals surface area contributed by atoms with E-state index < -0.39 is 0 Å². The van der Waals surface area contributed by atoms with Gasteiger partial charge in [0, 0.05) is 57.3 Å². The van der Waals surface area contributed by atoms with E-state index in [1.807, 2.05) is 17.7 Å². The Morgan fingerprint density at radius 1 is 0.889 bits per heavy atom. The van der Waals surface area contributed by atoms with Gasteiger partial charge in [0.1, 0.15) is 11.4 Å². The second-order valence-electron chi connectivity index (χ2n) is 17.5. The molecule has 2 aromatic carbocycles. The number of aryl methyl sites for hydroxylation is 1. The molecule has 296 valence electrons. The van der Waals surface area contributed by atoms with E-state index in [1.165, 1.54) is 49.7 Å². The number of ether oxygens (including phenoxy) is 1. The average Bonchev–Trinajstić information content (AvgIpc) is 3.75. The number of rotatable bonds is 13. The topological polar surface area (TPSA) is 73.3 Å². The minimum atomic E-state index is -0.141. The number of amides is 2. The fourth-order valence-electron chi connectivity index (χ4n) is 9.47. The molecule has 9 heteroatoms. The Morgan fingerprint density at radius 2 is 1.59 bits per heavy atom. The predicted octanol–water partition coefficient (Wildman–Crippen LogP) is 7.90. The van der Waals surface area contributed by atoms with Crippen LogP contribution in [0.5, 0.6) is 5.75 Å². The first kappa shape index (κ1) is 40.3. The van der Waals surface area contributed by atoms with E-state index in [0.717, 1.165) is 111 Å². The number of carbonyl (C=O) groups excluding carboxylic acids is 2. The maximum atomic E-state index is 14.2. The zero-order valence-corrected chi connectivity index (χ0v) is 34.7. The Balaban J connectivity index is 1.16. The number of carbonyl (C=O) groups is 2. The van der Waals surface area contributed by atoms with Gasteiger partial charge in [-0.3, -0.25) is 24.3 Å². The van der Waals surface area contributed by atoms with Crippen LogP contribution >= 0.6 is 0 Å². The highest BCUT2D eigenvalue weighted by Gasteiger charge is 2.33. The number of unbranched alkanes of at least 4 members (excludes halogenated alkanes) is 1. The lowest BCUT2D eigenvalue weighted by molar-refractivity contribution is -0.137. The van der Waals surface area contributed by atoms with Gasteiger partial charge >= 0.3 is 0 Å². The Bertz CT molecular complexity index is 1740. The summed E-state index contributed by atoms with van der Waals surface area (Å²) in [7, 11) is 5.79. The number of nitrogens with one attached hydrogen (secondary N) is 1. The van der Waals surface area contributed by atoms with Gasteiger partial charge in [-0.1, -0.05) is 84.6 Å². The lowest BCUT2D eigenvalue weighted by Crippen LogP contribution is -2.52. The third-order valence-corrected chi connectivity index (χ3v) is 12.9. The smallest absolute Gasteiger partial charge is 0.272 e. The molecule has 3 aliphatic heterocycles. The number of para-hydroxylation sites is 1. The van der Waals surface area contributed by atoms with Crippen LogP contribution in [0.2, 0.25) is 0 Å². The average molecular weight is 741 g/mol. The summed E-state index contributed by atoms with van der Waals surface area (Å²) in [6.07, 6.45) is 9.84. The van der Waals surface area contributed by atoms with Crippen molar-refractivity contribution in [3.8, 4) is 5.75 Å². The minimum absolute atomic E-state index is 0.0391. The van der Waals surface area contributed by atoms with Crippen LogP contribution in [-0.2, 0) is 30.3 Å². The van der Waals surface area contributed by atoms with Gasteiger partial charge in [-0.2, -0.15) is 0 Å². The highest BCUT2D eigenvalue weighted by molar-refractivity contribution is 6.07. The minimum Gasteiger partial charge on any atom is -0.494 e. The lowest BCUT2D eigenvalue weighted by atomic mass is 9.80. The van der Waals surface area contributed by atoms with Crippen molar-refractivity contribution in [1.29, 1.82) is 0 Å². The van der Waals surface area contributed by atoms with Crippen LogP contribution in [0.15, 0.2) is 36.4 Å². The monoisotopic (exact) mass is 741 g/mol. The molecule has 1 N–H and O–H groups in total. The van der Waals surface area contributed by atoms with Gasteiger partial charge in [-0.15, -0.1) is 0 Å². The van der Waals surface area contributed by atoms with E-state index in [-0.39, 0.29) is 23.3 Å². The third-order valence-electron chi connectivity index (χ3n) is 12.9. The number of likely N-dealkylation sites (tertiary alicyclic amines) is 2. The summed E-state index contributed by atoms with van der Waals surface area (Å²) in [4.78, 5) is 36.7. The molecule has 3 aromatic rings. The number of aromatic nitrogens is 1. The van der Waals surface area contributed by atoms with Gasteiger partial charge < -0.3 is 19.5 Å². The molecular weight excluding hydrogens is 673 g/mol. The van der Waals surface area contributed by atoms with Crippen molar-refractivity contribution in [3.63, 3.8) is 0 Å². The Kier molecular flexibility index (Phi) is 13.1. The van der Waals surface area contributed by atoms with E-state index in [1.54, 1.807) is 7.11 Å². The molecule has 0 bridgehead atoms. The molecule has 3 aliphatic rings. The summed E-state index contributed by atoms with van der Waals surface area (Å²) in [5, 5.41) is 4.36. The summed E-state index contributed by atoms with van der Waals surface area (Å²) < 4.78 is 8.16. The van der Waals surface area contributed by atoms with E-state index in [9.17, 15) is 9.59 Å². The Labute approximate surface area is 325 Å². The highest BCUT2D eigenvalue weighted by atomic mass is 16.5. The fourth-order valence-corrected chi connectivity index (χ4v) is 9.47. The molecule has 0 saturated carbocycles. The molecule has 0 aliphatic carbocycles. The number of piperidine rings is 1. The Morgan fingerprint density at radius 3 is 2.22 bits per heavy atom. The van der Waals surface area contributed by atoms with Crippen molar-refractivity contribution >= 4 is 28.4 Å². The maximum absolute atomic E-state index is 14.2. The van der Waals surface area contributed by atoms with Crippen molar-refractivity contribution in [2.75, 3.05) is 65.3 Å². The van der Waals surface area contributed by atoms with E-state index >= 15 is 0 Å². The molecule has 0 radical (unpaired) electrons. The van der Waals surface area contributed by atoms with Gasteiger partial charge in [0.05, 0.1) is 24.4 Å². The van der Waals surface area contributed by atoms with Gasteiger partial charge in [0.2, 0.25) is 5.91 Å². The highest BCUT2D eigenvalue weighted by Crippen LogP contribution is 2.38. The first-order valence-electron chi connectivity index (χ1n) is 21.0. The summed E-state index contributed by atoms with van der Waals surface area (Å²) in [5.74, 6) is 2.56. The first-order valence-corrected chi connectivity index (χ1v) is 21.0. The third kappa shape index (κ3) is 9.00. The van der Waals surface area contributed by atoms with Gasteiger partial charge in [0.25, 0.3) is 5.91 Å². The number of benzene rings is 2. The summed E-state index contributed by atoms with van der Waals surface area (Å²) in [6, 6.07) is 12.8. The number of piperazine rings is 1. The molecule has 4 heterocycles. The van der Waals surface area contributed by atoms with Crippen LogP contribution in [0, 0.1) is 11.8 Å². The molecular formula is C45H68N6O3. The number of methoxy groups -OCH3 is 1. The molecule has 2 unspecified atom stereocenters. The number of fused-ring (bicyclic) bond motifs is 1. The van der Waals surface area contributed by atoms with Crippen LogP contribution in [0.4, 0.5) is 5.69 Å². The zero-order valence-electron chi connectivity index (χ0n) is 34.7. The number of anilines is 1. The SMILES string of the molecule is CCCCC(CC)C1CCN(Cc2cc(C(C)(C)C)cc(NC(=O)c3cc4cccc(CN5CCN(C(=O)C6CCCN6C)CC5)c4n3C)c2OC)CC1. The molecule has 54 heavy (non-hydrogen) atoms. The van der Waals surface area contributed by atoms with Crippen LogP contribution in [0.1, 0.15) is 113 Å². The van der Waals surface area contributed by atoms with Crippen LogP contribution in [0.25, 0.3) is 10.9 Å². The van der Waals surface area contributed by atoms with E-state index in [4.69, 9.17) is 4.74 Å². The van der Waals surface area contributed by atoms with Crippen molar-refractivity contribution in [3.05, 3.63) is 58.8 Å². The second kappa shape index (κ2) is 17.6. The van der Waals surface area contributed by atoms with Crippen molar-refractivity contribution < 1.29 is 14.3 Å². The molecule has 0 spiro atoms. The van der Waals surface area contributed by atoms with Crippen molar-refractivity contribution in [2.45, 2.75) is 111 Å². The Hall–Kier alpha value is -3.40. The number of nitrogens with zero attached hydrogens (tertiary/aromatic N) is 5. The molecule has 3 fully saturated rings. The summed E-state index contributed by atoms with van der Waals surface area (Å²) in [6.45, 7) is 19.4. The quantitative estimate of drug-likeness (QED) is 0.192. The fraction of sp³-hybridized carbons (Fsp3) is 0.644. The molecule has 6 rings (SSSR count). The lowest BCUT2D eigenvalue weighted by Gasteiger charge is -2.37. The van der Waals surface area contributed by atoms with Gasteiger partial charge in [-0.25, -0.2) is 0 Å². The van der Waals surface area contributed by atoms with E-state index in [2.05, 4.69) is 96.9 Å². The normalized spacial score (nSPS) is 20.1. The number of hydrogen-bond acceptors (Lipinski definition) is 6. The van der Waals surface area contributed by atoms with Crippen molar-refractivity contribution in [1.82, 2.24) is 24.2 Å². The van der Waals surface area contributed by atoms with Crippen LogP contribution in [0.3, 0.4) is 0 Å². The number of likely N-dealkylation sites (N-methyl/N-ethyl adjacent to an activating group) is 1. The summed E-state index contributed by atoms with van der Waals surface area (Å²) in [5.41, 5.74) is 5.84. The van der Waals surface area contributed by atoms with Crippen molar-refractivity contribution in [2.24, 2.45) is 18.9 Å². The van der Waals surface area contributed by atoms with Gasteiger partial charge in [-0.05, 0) is 92.9 Å². The molecule has 2 amide bonds. The van der Waals surface area contributed by atoms with Crippen LogP contribution < -0.4 is 10.1 Å². The predicted molar refractivity (Wildman–Crippen MR) is 221 cm³/mol.